The van der Waals surface area contributed by atoms with E-state index in [1.165, 1.54) is 11.3 Å². The van der Waals surface area contributed by atoms with Crippen molar-refractivity contribution >= 4 is 11.4 Å². The first-order valence-electron chi connectivity index (χ1n) is 6.19. The van der Waals surface area contributed by atoms with Gasteiger partial charge in [-0.2, -0.15) is 0 Å². The molecule has 0 unspecified atom stereocenters. The van der Waals surface area contributed by atoms with E-state index in [2.05, 4.69) is 26.7 Å². The van der Waals surface area contributed by atoms with Crippen molar-refractivity contribution in [1.82, 2.24) is 15.3 Å². The second-order valence-electron chi connectivity index (χ2n) is 4.57. The average molecular weight is 240 g/mol. The Morgan fingerprint density at radius 2 is 2.28 bits per heavy atom. The molecule has 4 heteroatoms. The Hall–Kier alpha value is -1.94. The second kappa shape index (κ2) is 4.74. The molecule has 0 fully saturated rings. The lowest BCUT2D eigenvalue weighted by atomic mass is 10.1. The molecule has 1 aliphatic heterocycles. The smallest absolute Gasteiger partial charge is 0.0574 e. The molecule has 92 valence electrons. The van der Waals surface area contributed by atoms with Gasteiger partial charge in [0.05, 0.1) is 11.9 Å². The minimum Gasteiger partial charge on any atom is -0.354 e. The van der Waals surface area contributed by atoms with Gasteiger partial charge >= 0.3 is 0 Å². The summed E-state index contributed by atoms with van der Waals surface area (Å²) in [6.45, 7) is 3.98. The largest absolute Gasteiger partial charge is 0.354 e. The number of aromatic nitrogens is 2. The molecule has 0 atom stereocenters. The van der Waals surface area contributed by atoms with Crippen molar-refractivity contribution in [2.45, 2.75) is 19.9 Å². The van der Waals surface area contributed by atoms with Crippen LogP contribution in [0, 0.1) is 6.92 Å². The van der Waals surface area contributed by atoms with Crippen LogP contribution in [-0.4, -0.2) is 16.5 Å². The average Bonchev–Trinajstić information content (AvgIpc) is 2.41. The number of hydrogen-bond acceptors (Lipinski definition) is 4. The summed E-state index contributed by atoms with van der Waals surface area (Å²) in [6.07, 6.45) is 6.58. The van der Waals surface area contributed by atoms with Gasteiger partial charge in [-0.25, -0.2) is 0 Å². The van der Waals surface area contributed by atoms with Gasteiger partial charge < -0.3 is 10.6 Å². The fraction of sp³-hybridized carbons (Fsp3) is 0.286. The monoisotopic (exact) mass is 240 g/mol. The van der Waals surface area contributed by atoms with Crippen LogP contribution >= 0.6 is 0 Å². The molecule has 0 amide bonds. The summed E-state index contributed by atoms with van der Waals surface area (Å²) in [7, 11) is 0. The highest BCUT2D eigenvalue weighted by molar-refractivity contribution is 5.62. The van der Waals surface area contributed by atoms with E-state index in [-0.39, 0.29) is 0 Å². The van der Waals surface area contributed by atoms with Crippen molar-refractivity contribution in [2.75, 3.05) is 11.9 Å². The molecule has 2 aromatic heterocycles. The van der Waals surface area contributed by atoms with E-state index >= 15 is 0 Å². The van der Waals surface area contributed by atoms with Crippen LogP contribution in [0.4, 0.5) is 11.4 Å². The highest BCUT2D eigenvalue weighted by Crippen LogP contribution is 2.21. The fourth-order valence-electron chi connectivity index (χ4n) is 2.18. The molecule has 0 aromatic carbocycles. The van der Waals surface area contributed by atoms with Crippen LogP contribution in [0.1, 0.15) is 16.8 Å². The Morgan fingerprint density at radius 1 is 1.33 bits per heavy atom. The summed E-state index contributed by atoms with van der Waals surface area (Å²) in [4.78, 5) is 8.62. The van der Waals surface area contributed by atoms with Crippen molar-refractivity contribution in [3.05, 3.63) is 47.5 Å². The summed E-state index contributed by atoms with van der Waals surface area (Å²) in [5.74, 6) is 0. The Morgan fingerprint density at radius 3 is 3.17 bits per heavy atom. The van der Waals surface area contributed by atoms with Crippen LogP contribution in [0.5, 0.6) is 0 Å². The van der Waals surface area contributed by atoms with Crippen LogP contribution in [-0.2, 0) is 13.0 Å². The van der Waals surface area contributed by atoms with E-state index < -0.39 is 0 Å². The Bertz CT molecular complexity index is 565. The number of fused-ring (bicyclic) bond motifs is 1. The van der Waals surface area contributed by atoms with Crippen molar-refractivity contribution in [3.8, 4) is 0 Å². The number of rotatable bonds is 2. The number of hydrogen-bond donors (Lipinski definition) is 2. The number of aryl methyl sites for hydroxylation is 1. The highest BCUT2D eigenvalue weighted by Gasteiger charge is 2.10. The molecule has 4 nitrogen and oxygen atoms in total. The summed E-state index contributed by atoms with van der Waals surface area (Å²) < 4.78 is 0. The third kappa shape index (κ3) is 2.19. The van der Waals surface area contributed by atoms with Gasteiger partial charge in [-0.3, -0.25) is 9.97 Å². The predicted molar refractivity (Wildman–Crippen MR) is 71.9 cm³/mol. The molecule has 0 saturated carbocycles. The zero-order valence-corrected chi connectivity index (χ0v) is 10.4. The van der Waals surface area contributed by atoms with Gasteiger partial charge in [0.2, 0.25) is 0 Å². The van der Waals surface area contributed by atoms with Crippen LogP contribution < -0.4 is 10.6 Å². The van der Waals surface area contributed by atoms with E-state index in [0.717, 1.165) is 36.4 Å². The first-order chi connectivity index (χ1) is 8.83. The molecule has 2 N–H and O–H groups in total. The van der Waals surface area contributed by atoms with Crippen LogP contribution in [0.3, 0.4) is 0 Å². The van der Waals surface area contributed by atoms with Crippen LogP contribution in [0.25, 0.3) is 0 Å². The third-order valence-corrected chi connectivity index (χ3v) is 3.21. The zero-order valence-electron chi connectivity index (χ0n) is 10.4. The Labute approximate surface area is 106 Å². The minimum atomic E-state index is 0.910. The molecule has 0 bridgehead atoms. The summed E-state index contributed by atoms with van der Waals surface area (Å²) in [5.41, 5.74) is 5.75. The number of anilines is 2. The predicted octanol–water partition coefficient (Wildman–Crippen LogP) is 2.17. The van der Waals surface area contributed by atoms with Crippen LogP contribution in [0.15, 0.2) is 30.7 Å². The molecule has 3 rings (SSSR count). The van der Waals surface area contributed by atoms with Crippen molar-refractivity contribution in [3.63, 3.8) is 0 Å². The summed E-state index contributed by atoms with van der Waals surface area (Å²) >= 11 is 0. The molecule has 0 spiro atoms. The summed E-state index contributed by atoms with van der Waals surface area (Å²) in [6, 6.07) is 4.15. The lowest BCUT2D eigenvalue weighted by molar-refractivity contribution is 0.630. The second-order valence-corrected chi connectivity index (χ2v) is 4.57. The Balaban J connectivity index is 1.87. The van der Waals surface area contributed by atoms with Crippen molar-refractivity contribution < 1.29 is 0 Å². The molecule has 2 aromatic rings. The lowest BCUT2D eigenvalue weighted by Crippen LogP contribution is -2.24. The standard InChI is InChI=1S/C14H16N4/c1-10-7-15-4-2-13(10)18-12-6-11-8-16-5-3-14(11)17-9-12/h2,4,6-7,9,16H,3,5,8H2,1H3,(H,15,18). The molecular weight excluding hydrogens is 224 g/mol. The van der Waals surface area contributed by atoms with E-state index in [4.69, 9.17) is 0 Å². The maximum atomic E-state index is 4.53. The highest BCUT2D eigenvalue weighted by atomic mass is 14.9. The summed E-state index contributed by atoms with van der Waals surface area (Å²) in [5, 5.41) is 6.76. The van der Waals surface area contributed by atoms with E-state index in [9.17, 15) is 0 Å². The molecular formula is C14H16N4. The molecule has 0 saturated heterocycles. The van der Waals surface area contributed by atoms with Gasteiger partial charge in [0.1, 0.15) is 0 Å². The molecule has 1 aliphatic rings. The molecule has 0 aliphatic carbocycles. The molecule has 3 heterocycles. The van der Waals surface area contributed by atoms with E-state index in [1.54, 1.807) is 6.20 Å². The lowest BCUT2D eigenvalue weighted by Gasteiger charge is -2.17. The van der Waals surface area contributed by atoms with E-state index in [1.807, 2.05) is 25.4 Å². The first-order valence-corrected chi connectivity index (χ1v) is 6.19. The first kappa shape index (κ1) is 11.2. The topological polar surface area (TPSA) is 49.8 Å². The van der Waals surface area contributed by atoms with Gasteiger partial charge in [0, 0.05) is 43.3 Å². The van der Waals surface area contributed by atoms with Gasteiger partial charge in [0.25, 0.3) is 0 Å². The van der Waals surface area contributed by atoms with Gasteiger partial charge in [0.15, 0.2) is 0 Å². The third-order valence-electron chi connectivity index (χ3n) is 3.21. The maximum Gasteiger partial charge on any atom is 0.0574 e. The van der Waals surface area contributed by atoms with Crippen LogP contribution in [0.2, 0.25) is 0 Å². The fourth-order valence-corrected chi connectivity index (χ4v) is 2.18. The SMILES string of the molecule is Cc1cnccc1Nc1cnc2c(c1)CNCC2. The molecule has 0 radical (unpaired) electrons. The number of nitrogens with one attached hydrogen (secondary N) is 2. The van der Waals surface area contributed by atoms with Gasteiger partial charge in [-0.05, 0) is 30.2 Å². The number of pyridine rings is 2. The van der Waals surface area contributed by atoms with Crippen molar-refractivity contribution in [1.29, 1.82) is 0 Å². The van der Waals surface area contributed by atoms with E-state index in [0.29, 0.717) is 0 Å². The van der Waals surface area contributed by atoms with Gasteiger partial charge in [-0.1, -0.05) is 0 Å². The quantitative estimate of drug-likeness (QED) is 0.844. The minimum absolute atomic E-state index is 0.910. The van der Waals surface area contributed by atoms with Crippen molar-refractivity contribution in [2.24, 2.45) is 0 Å². The number of nitrogens with zero attached hydrogens (tertiary/aromatic N) is 2. The van der Waals surface area contributed by atoms with Gasteiger partial charge in [-0.15, -0.1) is 0 Å². The normalized spacial score (nSPS) is 14.1. The maximum absolute atomic E-state index is 4.53. The Kier molecular flexibility index (Phi) is 2.94. The molecule has 18 heavy (non-hydrogen) atoms. The zero-order chi connectivity index (χ0) is 12.4.